The lowest BCUT2D eigenvalue weighted by molar-refractivity contribution is 0.291. The van der Waals surface area contributed by atoms with Crippen LogP contribution < -0.4 is 10.2 Å². The van der Waals surface area contributed by atoms with E-state index in [0.717, 1.165) is 50.5 Å². The predicted octanol–water partition coefficient (Wildman–Crippen LogP) is 5.87. The molecule has 0 radical (unpaired) electrons. The van der Waals surface area contributed by atoms with Gasteiger partial charge in [0, 0.05) is 31.3 Å². The van der Waals surface area contributed by atoms with Gasteiger partial charge in [-0.25, -0.2) is 4.98 Å². The number of hydrogen-bond acceptors (Lipinski definition) is 4. The molecule has 0 spiro atoms. The highest BCUT2D eigenvalue weighted by molar-refractivity contribution is 5.62. The van der Waals surface area contributed by atoms with E-state index in [1.807, 2.05) is 12.4 Å². The van der Waals surface area contributed by atoms with Crippen LogP contribution >= 0.6 is 0 Å². The highest BCUT2D eigenvalue weighted by Crippen LogP contribution is 2.44. The Morgan fingerprint density at radius 2 is 1.66 bits per heavy atom. The van der Waals surface area contributed by atoms with Crippen molar-refractivity contribution in [2.45, 2.75) is 57.7 Å². The van der Waals surface area contributed by atoms with Crippen molar-refractivity contribution in [3.63, 3.8) is 0 Å². The number of unbranched alkanes of at least 4 members (excludes halogenated alkanes) is 1. The summed E-state index contributed by atoms with van der Waals surface area (Å²) in [6.45, 7) is 6.56. The van der Waals surface area contributed by atoms with Crippen LogP contribution in [0.15, 0.2) is 83.9 Å². The summed E-state index contributed by atoms with van der Waals surface area (Å²) in [4.78, 5) is 20.6. The largest absolute Gasteiger partial charge is 0.487 e. The fourth-order valence-corrected chi connectivity index (χ4v) is 6.08. The van der Waals surface area contributed by atoms with E-state index >= 15 is 0 Å². The van der Waals surface area contributed by atoms with Crippen LogP contribution in [0.4, 0.5) is 0 Å². The van der Waals surface area contributed by atoms with Crippen molar-refractivity contribution in [1.29, 1.82) is 0 Å². The van der Waals surface area contributed by atoms with Gasteiger partial charge in [0.15, 0.2) is 11.6 Å². The third kappa shape index (κ3) is 4.69. The topological polar surface area (TPSA) is 52.3 Å². The van der Waals surface area contributed by atoms with Crippen LogP contribution in [0.25, 0.3) is 11.5 Å². The minimum Gasteiger partial charge on any atom is -0.487 e. The number of hydrogen-bond donors (Lipinski definition) is 0. The molecule has 0 amide bonds. The maximum absolute atomic E-state index is 13.2. The summed E-state index contributed by atoms with van der Waals surface area (Å²) >= 11 is 0. The van der Waals surface area contributed by atoms with Crippen molar-refractivity contribution in [3.05, 3.63) is 106 Å². The first-order valence-corrected chi connectivity index (χ1v) is 14.0. The van der Waals surface area contributed by atoms with Gasteiger partial charge in [-0.2, -0.15) is 0 Å². The Hall–Kier alpha value is -3.64. The molecule has 1 saturated heterocycles. The molecule has 4 aromatic rings. The van der Waals surface area contributed by atoms with Crippen LogP contribution in [-0.2, 0) is 13.1 Å². The Morgan fingerprint density at radius 3 is 2.32 bits per heavy atom. The van der Waals surface area contributed by atoms with Gasteiger partial charge in [-0.1, -0.05) is 74.0 Å². The quantitative estimate of drug-likeness (QED) is 0.265. The van der Waals surface area contributed by atoms with Crippen LogP contribution in [-0.4, -0.2) is 38.7 Å². The summed E-state index contributed by atoms with van der Waals surface area (Å²) in [5.74, 6) is 1.35. The van der Waals surface area contributed by atoms with Crippen LogP contribution in [0, 0.1) is 0 Å². The van der Waals surface area contributed by atoms with Gasteiger partial charge in [-0.05, 0) is 43.5 Å². The van der Waals surface area contributed by atoms with E-state index < -0.39 is 0 Å². The first-order chi connectivity index (χ1) is 18.7. The number of ether oxygens (including phenoxy) is 1. The molecule has 6 heteroatoms. The smallest absolute Gasteiger partial charge is 0.224 e. The molecule has 2 aromatic heterocycles. The number of likely N-dealkylation sites (tertiary alicyclic amines) is 1. The Balaban J connectivity index is 1.52. The summed E-state index contributed by atoms with van der Waals surface area (Å²) in [5.41, 5.74) is 4.43. The highest BCUT2D eigenvalue weighted by Gasteiger charge is 2.36. The lowest BCUT2D eigenvalue weighted by Crippen LogP contribution is -2.32. The van der Waals surface area contributed by atoms with Crippen LogP contribution in [0.2, 0.25) is 0 Å². The first-order valence-electron chi connectivity index (χ1n) is 14.0. The van der Waals surface area contributed by atoms with E-state index in [2.05, 4.69) is 81.6 Å². The third-order valence-corrected chi connectivity index (χ3v) is 7.99. The van der Waals surface area contributed by atoms with Crippen molar-refractivity contribution < 1.29 is 4.74 Å². The van der Waals surface area contributed by atoms with E-state index in [0.29, 0.717) is 12.4 Å². The summed E-state index contributed by atoms with van der Waals surface area (Å²) in [7, 11) is 0. The third-order valence-electron chi connectivity index (χ3n) is 7.99. The SMILES string of the molecule is CCCCOc1c2n(ccc1=O)[C@@H](C(c1ccccc1)c1ccccc1)Cn1c(CN3CCCC3)cnc1-2. The number of benzene rings is 2. The van der Waals surface area contributed by atoms with Gasteiger partial charge >= 0.3 is 0 Å². The molecular weight excluding hydrogens is 472 g/mol. The molecule has 6 rings (SSSR count). The Bertz CT molecular complexity index is 1380. The zero-order valence-corrected chi connectivity index (χ0v) is 22.1. The Kier molecular flexibility index (Phi) is 7.14. The summed E-state index contributed by atoms with van der Waals surface area (Å²) in [6.07, 6.45) is 8.38. The van der Waals surface area contributed by atoms with Crippen molar-refractivity contribution in [2.75, 3.05) is 19.7 Å². The molecule has 1 fully saturated rings. The van der Waals surface area contributed by atoms with Gasteiger partial charge < -0.3 is 13.9 Å². The zero-order valence-electron chi connectivity index (χ0n) is 22.1. The fourth-order valence-electron chi connectivity index (χ4n) is 6.08. The summed E-state index contributed by atoms with van der Waals surface area (Å²) in [6, 6.07) is 23.2. The van der Waals surface area contributed by atoms with Gasteiger partial charge in [-0.15, -0.1) is 0 Å². The fraction of sp³-hybridized carbons (Fsp3) is 0.375. The second-order valence-electron chi connectivity index (χ2n) is 10.5. The van der Waals surface area contributed by atoms with E-state index in [9.17, 15) is 4.79 Å². The molecule has 1 atom stereocenters. The molecule has 0 unspecified atom stereocenters. The Labute approximate surface area is 224 Å². The molecular formula is C32H36N4O2. The molecule has 2 aliphatic heterocycles. The highest BCUT2D eigenvalue weighted by atomic mass is 16.5. The van der Waals surface area contributed by atoms with Gasteiger partial charge in [0.25, 0.3) is 0 Å². The molecule has 4 heterocycles. The average Bonchev–Trinajstić information content (AvgIpc) is 3.62. The average molecular weight is 509 g/mol. The number of fused-ring (bicyclic) bond motifs is 3. The molecule has 196 valence electrons. The minimum atomic E-state index is -0.0837. The second-order valence-corrected chi connectivity index (χ2v) is 10.5. The summed E-state index contributed by atoms with van der Waals surface area (Å²) < 4.78 is 10.8. The number of rotatable bonds is 9. The molecule has 0 saturated carbocycles. The molecule has 6 nitrogen and oxygen atoms in total. The van der Waals surface area contributed by atoms with Gasteiger partial charge in [0.1, 0.15) is 5.69 Å². The number of nitrogens with zero attached hydrogens (tertiary/aromatic N) is 4. The molecule has 38 heavy (non-hydrogen) atoms. The molecule has 2 aliphatic rings. The lowest BCUT2D eigenvalue weighted by Gasteiger charge is -2.37. The lowest BCUT2D eigenvalue weighted by atomic mass is 9.83. The van der Waals surface area contributed by atoms with Crippen molar-refractivity contribution >= 4 is 0 Å². The summed E-state index contributed by atoms with van der Waals surface area (Å²) in [5, 5.41) is 0. The maximum atomic E-state index is 13.2. The number of aromatic nitrogens is 3. The Morgan fingerprint density at radius 1 is 0.974 bits per heavy atom. The second kappa shape index (κ2) is 11.0. The van der Waals surface area contributed by atoms with Gasteiger partial charge in [-0.3, -0.25) is 9.69 Å². The number of pyridine rings is 1. The maximum Gasteiger partial charge on any atom is 0.224 e. The molecule has 0 N–H and O–H groups in total. The molecule has 2 aromatic carbocycles. The normalized spacial score (nSPS) is 16.9. The zero-order chi connectivity index (χ0) is 25.9. The monoisotopic (exact) mass is 508 g/mol. The first kappa shape index (κ1) is 24.7. The van der Waals surface area contributed by atoms with Crippen molar-refractivity contribution in [3.8, 4) is 17.3 Å². The van der Waals surface area contributed by atoms with Gasteiger partial charge in [0.2, 0.25) is 5.43 Å². The predicted molar refractivity (Wildman–Crippen MR) is 151 cm³/mol. The van der Waals surface area contributed by atoms with Crippen molar-refractivity contribution in [1.82, 2.24) is 19.0 Å². The molecule has 0 bridgehead atoms. The van der Waals surface area contributed by atoms with E-state index in [4.69, 9.17) is 9.72 Å². The standard InChI is InChI=1S/C32H36N4O2/c1-2-3-20-38-31-28(37)16-19-35-27(29(24-12-6-4-7-13-24)25-14-8-5-9-15-25)23-36-26(21-33-32(36)30(31)35)22-34-17-10-11-18-34/h4-9,12-16,19,21,27,29H,2-3,10-11,17-18,20,22-23H2,1H3/t27-/m1/s1. The number of imidazole rings is 1. The van der Waals surface area contributed by atoms with E-state index in [1.54, 1.807) is 6.07 Å². The van der Waals surface area contributed by atoms with E-state index in [-0.39, 0.29) is 17.4 Å². The van der Waals surface area contributed by atoms with Gasteiger partial charge in [0.05, 0.1) is 24.5 Å². The molecule has 0 aliphatic carbocycles. The van der Waals surface area contributed by atoms with Crippen molar-refractivity contribution in [2.24, 2.45) is 0 Å². The van der Waals surface area contributed by atoms with Crippen LogP contribution in [0.1, 0.15) is 61.4 Å². The minimum absolute atomic E-state index is 0.0444. The van der Waals surface area contributed by atoms with E-state index in [1.165, 1.54) is 29.7 Å². The van der Waals surface area contributed by atoms with Crippen LogP contribution in [0.5, 0.6) is 5.75 Å². The van der Waals surface area contributed by atoms with Crippen LogP contribution in [0.3, 0.4) is 0 Å².